The van der Waals surface area contributed by atoms with Gasteiger partial charge in [-0.05, 0) is 42.3 Å². The van der Waals surface area contributed by atoms with E-state index in [-0.39, 0.29) is 0 Å². The summed E-state index contributed by atoms with van der Waals surface area (Å²) in [5, 5.41) is 3.92. The van der Waals surface area contributed by atoms with Gasteiger partial charge in [0.1, 0.15) is 0 Å². The van der Waals surface area contributed by atoms with Crippen molar-refractivity contribution < 1.29 is 4.52 Å². The Hall–Kier alpha value is -2.07. The van der Waals surface area contributed by atoms with Crippen molar-refractivity contribution in [3.63, 3.8) is 0 Å². The average Bonchev–Trinajstić information content (AvgIpc) is 2.82. The van der Waals surface area contributed by atoms with E-state index in [2.05, 4.69) is 21.1 Å². The summed E-state index contributed by atoms with van der Waals surface area (Å²) in [6, 6.07) is 16.0. The molecule has 2 N–H and O–H groups in total. The highest BCUT2D eigenvalue weighted by atomic mass is 79.9. The minimum atomic E-state index is 0.414. The van der Waals surface area contributed by atoms with Gasteiger partial charge in [0.25, 0.3) is 0 Å². The molecule has 3 aromatic rings. The normalized spacial score (nSPS) is 10.7. The minimum Gasteiger partial charge on any atom is -0.380 e. The molecule has 3 nitrogen and oxygen atoms in total. The number of aromatic nitrogens is 1. The number of hydrogen-bond donors (Lipinski definition) is 1. The van der Waals surface area contributed by atoms with E-state index in [4.69, 9.17) is 10.3 Å². The molecule has 1 heterocycles. The molecule has 20 heavy (non-hydrogen) atoms. The van der Waals surface area contributed by atoms with Crippen molar-refractivity contribution in [2.75, 3.05) is 5.73 Å². The van der Waals surface area contributed by atoms with Crippen molar-refractivity contribution in [2.24, 2.45) is 0 Å². The molecule has 0 bridgehead atoms. The van der Waals surface area contributed by atoms with E-state index < -0.39 is 0 Å². The molecule has 1 aromatic heterocycles. The third-order valence-electron chi connectivity index (χ3n) is 3.24. The van der Waals surface area contributed by atoms with Crippen LogP contribution in [0, 0.1) is 6.92 Å². The monoisotopic (exact) mass is 328 g/mol. The summed E-state index contributed by atoms with van der Waals surface area (Å²) in [6.45, 7) is 2.05. The second-order valence-corrected chi connectivity index (χ2v) is 5.51. The van der Waals surface area contributed by atoms with Crippen molar-refractivity contribution in [1.29, 1.82) is 0 Å². The van der Waals surface area contributed by atoms with E-state index in [1.165, 1.54) is 0 Å². The highest BCUT2D eigenvalue weighted by Crippen LogP contribution is 2.38. The van der Waals surface area contributed by atoms with Gasteiger partial charge in [0.05, 0.1) is 5.56 Å². The van der Waals surface area contributed by atoms with E-state index in [9.17, 15) is 0 Å². The van der Waals surface area contributed by atoms with Gasteiger partial charge < -0.3 is 10.3 Å². The second-order valence-electron chi connectivity index (χ2n) is 4.59. The number of nitrogens with two attached hydrogens (primary N) is 1. The van der Waals surface area contributed by atoms with Crippen LogP contribution in [-0.4, -0.2) is 5.16 Å². The lowest BCUT2D eigenvalue weighted by Crippen LogP contribution is -1.90. The molecule has 4 heteroatoms. The van der Waals surface area contributed by atoms with Crippen LogP contribution in [0.4, 0.5) is 5.82 Å². The summed E-state index contributed by atoms with van der Waals surface area (Å²) >= 11 is 3.43. The van der Waals surface area contributed by atoms with Crippen molar-refractivity contribution in [2.45, 2.75) is 6.92 Å². The van der Waals surface area contributed by atoms with Crippen LogP contribution in [0.5, 0.6) is 0 Å². The first-order chi connectivity index (χ1) is 9.66. The predicted octanol–water partition coefficient (Wildman–Crippen LogP) is 4.66. The molecule has 0 fully saturated rings. The molecule has 0 spiro atoms. The SMILES string of the molecule is Cc1ccccc1-c1c(N)noc1-c1ccc(Br)cc1. The van der Waals surface area contributed by atoms with Crippen LogP contribution in [-0.2, 0) is 0 Å². The van der Waals surface area contributed by atoms with Crippen molar-refractivity contribution >= 4 is 21.7 Å². The van der Waals surface area contributed by atoms with Crippen molar-refractivity contribution in [1.82, 2.24) is 5.16 Å². The predicted molar refractivity (Wildman–Crippen MR) is 84.2 cm³/mol. The Morgan fingerprint density at radius 2 is 1.75 bits per heavy atom. The molecule has 0 radical (unpaired) electrons. The fourth-order valence-electron chi connectivity index (χ4n) is 2.21. The van der Waals surface area contributed by atoms with Gasteiger partial charge in [0, 0.05) is 10.0 Å². The maximum atomic E-state index is 6.00. The van der Waals surface area contributed by atoms with Crippen LogP contribution >= 0.6 is 15.9 Å². The fourth-order valence-corrected chi connectivity index (χ4v) is 2.48. The van der Waals surface area contributed by atoms with Crippen LogP contribution in [0.2, 0.25) is 0 Å². The Kier molecular flexibility index (Phi) is 3.32. The molecular weight excluding hydrogens is 316 g/mol. The molecule has 100 valence electrons. The first kappa shape index (κ1) is 12.9. The van der Waals surface area contributed by atoms with Gasteiger partial charge in [0.2, 0.25) is 0 Å². The van der Waals surface area contributed by atoms with Gasteiger partial charge in [-0.15, -0.1) is 0 Å². The van der Waals surface area contributed by atoms with E-state index in [1.807, 2.05) is 55.5 Å². The first-order valence-electron chi connectivity index (χ1n) is 6.24. The average molecular weight is 329 g/mol. The number of nitrogens with zero attached hydrogens (tertiary/aromatic N) is 1. The molecule has 0 saturated carbocycles. The Bertz CT molecular complexity index is 747. The Balaban J connectivity index is 2.20. The van der Waals surface area contributed by atoms with Crippen molar-refractivity contribution in [3.05, 3.63) is 58.6 Å². The standard InChI is InChI=1S/C16H13BrN2O/c1-10-4-2-3-5-13(10)14-15(20-19-16(14)18)11-6-8-12(17)9-7-11/h2-9H,1H3,(H2,18,19). The van der Waals surface area contributed by atoms with E-state index in [0.29, 0.717) is 11.6 Å². The number of nitrogen functional groups attached to an aromatic ring is 1. The highest BCUT2D eigenvalue weighted by Gasteiger charge is 2.18. The number of rotatable bonds is 2. The minimum absolute atomic E-state index is 0.414. The van der Waals surface area contributed by atoms with E-state index in [0.717, 1.165) is 26.7 Å². The van der Waals surface area contributed by atoms with E-state index >= 15 is 0 Å². The Morgan fingerprint density at radius 3 is 2.45 bits per heavy atom. The highest BCUT2D eigenvalue weighted by molar-refractivity contribution is 9.10. The summed E-state index contributed by atoms with van der Waals surface area (Å²) in [4.78, 5) is 0. The van der Waals surface area contributed by atoms with Crippen molar-refractivity contribution in [3.8, 4) is 22.5 Å². The Labute approximate surface area is 125 Å². The molecule has 0 atom stereocenters. The topological polar surface area (TPSA) is 52.0 Å². The lowest BCUT2D eigenvalue weighted by Gasteiger charge is -2.06. The van der Waals surface area contributed by atoms with Gasteiger partial charge in [-0.25, -0.2) is 0 Å². The number of halogens is 1. The van der Waals surface area contributed by atoms with Crippen LogP contribution in [0.25, 0.3) is 22.5 Å². The van der Waals surface area contributed by atoms with E-state index in [1.54, 1.807) is 0 Å². The first-order valence-corrected chi connectivity index (χ1v) is 7.03. The second kappa shape index (κ2) is 5.13. The van der Waals surface area contributed by atoms with Gasteiger partial charge in [-0.1, -0.05) is 45.4 Å². The number of aryl methyl sites for hydroxylation is 1. The molecule has 0 aliphatic carbocycles. The zero-order valence-corrected chi connectivity index (χ0v) is 12.5. The lowest BCUT2D eigenvalue weighted by molar-refractivity contribution is 0.436. The number of benzene rings is 2. The number of hydrogen-bond acceptors (Lipinski definition) is 3. The molecule has 0 unspecified atom stereocenters. The lowest BCUT2D eigenvalue weighted by atomic mass is 9.98. The number of anilines is 1. The van der Waals surface area contributed by atoms with Crippen LogP contribution in [0.1, 0.15) is 5.56 Å². The summed E-state index contributed by atoms with van der Waals surface area (Å²) in [5.74, 6) is 1.11. The van der Waals surface area contributed by atoms with Gasteiger partial charge in [0.15, 0.2) is 11.6 Å². The largest absolute Gasteiger partial charge is 0.380 e. The summed E-state index contributed by atoms with van der Waals surface area (Å²) in [6.07, 6.45) is 0. The van der Waals surface area contributed by atoms with Gasteiger partial charge in [-0.3, -0.25) is 0 Å². The van der Waals surface area contributed by atoms with Crippen LogP contribution < -0.4 is 5.73 Å². The molecule has 3 rings (SSSR count). The molecule has 0 saturated heterocycles. The summed E-state index contributed by atoms with van der Waals surface area (Å²) < 4.78 is 6.46. The van der Waals surface area contributed by atoms with Gasteiger partial charge >= 0.3 is 0 Å². The zero-order valence-electron chi connectivity index (χ0n) is 10.9. The fraction of sp³-hybridized carbons (Fsp3) is 0.0625. The van der Waals surface area contributed by atoms with Gasteiger partial charge in [-0.2, -0.15) is 0 Å². The quantitative estimate of drug-likeness (QED) is 0.744. The smallest absolute Gasteiger partial charge is 0.176 e. The third-order valence-corrected chi connectivity index (χ3v) is 3.77. The molecule has 0 aliphatic rings. The molecular formula is C16H13BrN2O. The molecule has 0 aliphatic heterocycles. The molecule has 2 aromatic carbocycles. The summed E-state index contributed by atoms with van der Waals surface area (Å²) in [7, 11) is 0. The maximum absolute atomic E-state index is 6.00. The zero-order chi connectivity index (χ0) is 14.1. The van der Waals surface area contributed by atoms with Crippen LogP contribution in [0.15, 0.2) is 57.5 Å². The third kappa shape index (κ3) is 2.23. The summed E-state index contributed by atoms with van der Waals surface area (Å²) in [5.41, 5.74) is 9.99. The molecule has 0 amide bonds. The maximum Gasteiger partial charge on any atom is 0.176 e. The van der Waals surface area contributed by atoms with Crippen LogP contribution in [0.3, 0.4) is 0 Å². The Morgan fingerprint density at radius 1 is 1.05 bits per heavy atom.